The Balaban J connectivity index is 2.37. The van der Waals surface area contributed by atoms with Crippen LogP contribution in [0.3, 0.4) is 0 Å². The Labute approximate surface area is 118 Å². The minimum atomic E-state index is -4.27. The number of benzene rings is 1. The molecule has 0 bridgehead atoms. The first-order valence-electron chi connectivity index (χ1n) is 5.75. The molecule has 0 unspecified atom stereocenters. The minimum Gasteiger partial charge on any atom is -0.492 e. The van der Waals surface area contributed by atoms with Gasteiger partial charge in [-0.15, -0.1) is 0 Å². The van der Waals surface area contributed by atoms with Crippen molar-refractivity contribution in [2.24, 2.45) is 5.73 Å². The summed E-state index contributed by atoms with van der Waals surface area (Å²) in [4.78, 5) is 4.18. The van der Waals surface area contributed by atoms with Crippen LogP contribution in [0.15, 0.2) is 30.5 Å². The summed E-state index contributed by atoms with van der Waals surface area (Å²) in [5, 5.41) is 0.583. The van der Waals surface area contributed by atoms with Gasteiger partial charge in [0.1, 0.15) is 10.7 Å². The van der Waals surface area contributed by atoms with Crippen LogP contribution < -0.4 is 10.5 Å². The number of alkyl halides is 3. The van der Waals surface area contributed by atoms with Gasteiger partial charge in [-0.2, -0.15) is 13.2 Å². The second kappa shape index (κ2) is 5.62. The van der Waals surface area contributed by atoms with Crippen LogP contribution in [0.2, 0.25) is 0 Å². The zero-order valence-electron chi connectivity index (χ0n) is 10.3. The molecule has 0 aliphatic rings. The van der Waals surface area contributed by atoms with E-state index in [1.807, 2.05) is 0 Å². The minimum absolute atomic E-state index is 0.0326. The molecule has 2 N–H and O–H groups in total. The number of ether oxygens (including phenoxy) is 1. The van der Waals surface area contributed by atoms with Crippen molar-refractivity contribution in [2.45, 2.75) is 12.6 Å². The molecule has 3 nitrogen and oxygen atoms in total. The van der Waals surface area contributed by atoms with Crippen molar-refractivity contribution >= 4 is 28.1 Å². The Kier molecular flexibility index (Phi) is 4.08. The molecule has 0 saturated carbocycles. The number of halogens is 3. The van der Waals surface area contributed by atoms with E-state index in [4.69, 9.17) is 22.7 Å². The zero-order valence-corrected chi connectivity index (χ0v) is 11.1. The first kappa shape index (κ1) is 14.5. The maximum absolute atomic E-state index is 12.2. The Morgan fingerprint density at radius 1 is 1.30 bits per heavy atom. The SMILES string of the molecule is NC(=S)c1cnc2ccccc2c1OCCC(F)(F)F. The van der Waals surface area contributed by atoms with Crippen molar-refractivity contribution in [3.8, 4) is 5.75 Å². The van der Waals surface area contributed by atoms with Crippen molar-refractivity contribution in [1.29, 1.82) is 0 Å². The van der Waals surface area contributed by atoms with Crippen molar-refractivity contribution in [1.82, 2.24) is 4.98 Å². The van der Waals surface area contributed by atoms with E-state index in [1.54, 1.807) is 24.3 Å². The van der Waals surface area contributed by atoms with Gasteiger partial charge >= 0.3 is 6.18 Å². The molecular weight excluding hydrogens is 289 g/mol. The van der Waals surface area contributed by atoms with Crippen molar-refractivity contribution < 1.29 is 17.9 Å². The number of hydrogen-bond acceptors (Lipinski definition) is 3. The smallest absolute Gasteiger partial charge is 0.392 e. The van der Waals surface area contributed by atoms with Gasteiger partial charge < -0.3 is 10.5 Å². The fraction of sp³-hybridized carbons (Fsp3) is 0.231. The third-order valence-corrected chi connectivity index (χ3v) is 2.84. The van der Waals surface area contributed by atoms with Crippen LogP contribution in [0.5, 0.6) is 5.75 Å². The molecule has 1 aromatic heterocycles. The molecule has 1 aromatic carbocycles. The molecule has 0 amide bonds. The van der Waals surface area contributed by atoms with E-state index in [1.165, 1.54) is 6.20 Å². The fourth-order valence-electron chi connectivity index (χ4n) is 1.72. The van der Waals surface area contributed by atoms with Crippen LogP contribution in [0.4, 0.5) is 13.2 Å². The van der Waals surface area contributed by atoms with Crippen LogP contribution in [0.25, 0.3) is 10.9 Å². The highest BCUT2D eigenvalue weighted by Crippen LogP contribution is 2.29. The van der Waals surface area contributed by atoms with Crippen LogP contribution in [0.1, 0.15) is 12.0 Å². The molecule has 106 valence electrons. The second-order valence-electron chi connectivity index (χ2n) is 4.10. The Morgan fingerprint density at radius 3 is 2.65 bits per heavy atom. The highest BCUT2D eigenvalue weighted by Gasteiger charge is 2.27. The van der Waals surface area contributed by atoms with Crippen LogP contribution in [0, 0.1) is 0 Å². The number of fused-ring (bicyclic) bond motifs is 1. The number of thiocarbonyl (C=S) groups is 1. The zero-order chi connectivity index (χ0) is 14.8. The van der Waals surface area contributed by atoms with E-state index < -0.39 is 19.2 Å². The highest BCUT2D eigenvalue weighted by atomic mass is 32.1. The number of rotatable bonds is 4. The average molecular weight is 300 g/mol. The fourth-order valence-corrected chi connectivity index (χ4v) is 1.86. The van der Waals surface area contributed by atoms with Gasteiger partial charge in [-0.05, 0) is 12.1 Å². The Hall–Kier alpha value is -1.89. The average Bonchev–Trinajstić information content (AvgIpc) is 2.37. The van der Waals surface area contributed by atoms with Crippen molar-refractivity contribution in [3.63, 3.8) is 0 Å². The van der Waals surface area contributed by atoms with Crippen molar-refractivity contribution in [2.75, 3.05) is 6.61 Å². The quantitative estimate of drug-likeness (QED) is 0.881. The molecule has 0 aliphatic heterocycles. The molecule has 0 fully saturated rings. The van der Waals surface area contributed by atoms with Gasteiger partial charge in [-0.25, -0.2) is 0 Å². The summed E-state index contributed by atoms with van der Waals surface area (Å²) < 4.78 is 41.8. The molecule has 0 atom stereocenters. The number of nitrogens with two attached hydrogens (primary N) is 1. The molecule has 0 saturated heterocycles. The number of nitrogens with zero attached hydrogens (tertiary/aromatic N) is 1. The summed E-state index contributed by atoms with van der Waals surface area (Å²) in [6, 6.07) is 6.95. The molecular formula is C13H11F3N2OS. The van der Waals surface area contributed by atoms with Gasteiger partial charge in [-0.3, -0.25) is 4.98 Å². The molecule has 7 heteroatoms. The lowest BCUT2D eigenvalue weighted by Gasteiger charge is -2.14. The lowest BCUT2D eigenvalue weighted by Crippen LogP contribution is -2.16. The lowest BCUT2D eigenvalue weighted by atomic mass is 10.1. The van der Waals surface area contributed by atoms with E-state index in [9.17, 15) is 13.2 Å². The van der Waals surface area contributed by atoms with E-state index >= 15 is 0 Å². The van der Waals surface area contributed by atoms with Crippen LogP contribution in [-0.2, 0) is 0 Å². The van der Waals surface area contributed by atoms with Gasteiger partial charge in [0, 0.05) is 11.6 Å². The van der Waals surface area contributed by atoms with Gasteiger partial charge in [0.15, 0.2) is 0 Å². The van der Waals surface area contributed by atoms with Gasteiger partial charge in [0.2, 0.25) is 0 Å². The molecule has 0 aliphatic carbocycles. The highest BCUT2D eigenvalue weighted by molar-refractivity contribution is 7.80. The third kappa shape index (κ3) is 3.36. The summed E-state index contributed by atoms with van der Waals surface area (Å²) >= 11 is 4.87. The normalized spacial score (nSPS) is 11.6. The number of aromatic nitrogens is 1. The van der Waals surface area contributed by atoms with Crippen LogP contribution in [-0.4, -0.2) is 22.8 Å². The first-order valence-corrected chi connectivity index (χ1v) is 6.16. The number of pyridine rings is 1. The summed E-state index contributed by atoms with van der Waals surface area (Å²) in [6.07, 6.45) is -3.90. The van der Waals surface area contributed by atoms with Crippen LogP contribution >= 0.6 is 12.2 Å². The van der Waals surface area contributed by atoms with Gasteiger partial charge in [-0.1, -0.05) is 24.4 Å². The summed E-state index contributed by atoms with van der Waals surface area (Å²) in [5.74, 6) is 0.243. The van der Waals surface area contributed by atoms with E-state index in [-0.39, 0.29) is 10.7 Å². The Bertz CT molecular complexity index is 643. The molecule has 2 rings (SSSR count). The molecule has 2 aromatic rings. The standard InChI is InChI=1S/C13H11F3N2OS/c14-13(15,16)5-6-19-11-8-3-1-2-4-10(8)18-7-9(11)12(17)20/h1-4,7H,5-6H2,(H2,17,20). The largest absolute Gasteiger partial charge is 0.492 e. The summed E-state index contributed by atoms with van der Waals surface area (Å²) in [5.41, 5.74) is 6.49. The van der Waals surface area contributed by atoms with Gasteiger partial charge in [0.05, 0.1) is 24.1 Å². The lowest BCUT2D eigenvalue weighted by molar-refractivity contribution is -0.139. The molecule has 1 heterocycles. The van der Waals surface area contributed by atoms with Crippen molar-refractivity contribution in [3.05, 3.63) is 36.0 Å². The van der Waals surface area contributed by atoms with Gasteiger partial charge in [0.25, 0.3) is 0 Å². The first-order chi connectivity index (χ1) is 9.38. The Morgan fingerprint density at radius 2 is 2.00 bits per heavy atom. The molecule has 0 spiro atoms. The maximum atomic E-state index is 12.2. The second-order valence-corrected chi connectivity index (χ2v) is 4.54. The third-order valence-electron chi connectivity index (χ3n) is 2.62. The summed E-state index contributed by atoms with van der Waals surface area (Å²) in [7, 11) is 0. The maximum Gasteiger partial charge on any atom is 0.392 e. The van der Waals surface area contributed by atoms with E-state index in [2.05, 4.69) is 4.98 Å². The number of hydrogen-bond donors (Lipinski definition) is 1. The van der Waals surface area contributed by atoms with E-state index in [0.29, 0.717) is 16.5 Å². The monoisotopic (exact) mass is 300 g/mol. The molecule has 0 radical (unpaired) electrons. The number of para-hydroxylation sites is 1. The summed E-state index contributed by atoms with van der Waals surface area (Å²) in [6.45, 7) is -0.493. The van der Waals surface area contributed by atoms with E-state index in [0.717, 1.165) is 0 Å². The predicted octanol–water partition coefficient (Wildman–Crippen LogP) is 3.20. The molecule has 20 heavy (non-hydrogen) atoms. The topological polar surface area (TPSA) is 48.1 Å². The predicted molar refractivity (Wildman–Crippen MR) is 73.8 cm³/mol.